The van der Waals surface area contributed by atoms with Gasteiger partial charge in [0.25, 0.3) is 5.91 Å². The average Bonchev–Trinajstić information content (AvgIpc) is 2.85. The summed E-state index contributed by atoms with van der Waals surface area (Å²) >= 11 is 0. The van der Waals surface area contributed by atoms with Gasteiger partial charge in [0.05, 0.1) is 5.69 Å². The lowest BCUT2D eigenvalue weighted by molar-refractivity contribution is -0.126. The molecule has 0 fully saturated rings. The van der Waals surface area contributed by atoms with E-state index >= 15 is 0 Å². The average molecular weight is 303 g/mol. The number of anilines is 2. The van der Waals surface area contributed by atoms with E-state index in [1.54, 1.807) is 26.1 Å². The first-order valence-electron chi connectivity index (χ1n) is 6.67. The quantitative estimate of drug-likeness (QED) is 0.864. The molecule has 0 aliphatic carbocycles. The van der Waals surface area contributed by atoms with Gasteiger partial charge in [0.2, 0.25) is 5.88 Å². The minimum atomic E-state index is -0.966. The molecule has 1 aromatic heterocycles. The van der Waals surface area contributed by atoms with Crippen LogP contribution in [-0.2, 0) is 9.53 Å². The lowest BCUT2D eigenvalue weighted by Gasteiger charge is -2.21. The maximum Gasteiger partial charge on any atom is 0.346 e. The molecule has 2 rings (SSSR count). The van der Waals surface area contributed by atoms with Crippen molar-refractivity contribution in [3.63, 3.8) is 0 Å². The first kappa shape index (κ1) is 15.6. The molecule has 22 heavy (non-hydrogen) atoms. The number of nitrogen functional groups attached to an aromatic ring is 1. The number of hydrogen-bond acceptors (Lipinski definition) is 6. The van der Waals surface area contributed by atoms with Crippen LogP contribution < -0.4 is 10.6 Å². The first-order valence-corrected chi connectivity index (χ1v) is 6.67. The van der Waals surface area contributed by atoms with Crippen LogP contribution in [-0.4, -0.2) is 30.2 Å². The summed E-state index contributed by atoms with van der Waals surface area (Å²) < 4.78 is 9.86. The van der Waals surface area contributed by atoms with Gasteiger partial charge in [-0.3, -0.25) is 4.79 Å². The molecule has 0 aliphatic heterocycles. The lowest BCUT2D eigenvalue weighted by Crippen LogP contribution is -2.37. The summed E-state index contributed by atoms with van der Waals surface area (Å²) in [6, 6.07) is 9.06. The maximum absolute atomic E-state index is 12.3. The second-order valence-corrected chi connectivity index (χ2v) is 4.79. The number of nitrogens with zero attached hydrogens (tertiary/aromatic N) is 2. The van der Waals surface area contributed by atoms with Gasteiger partial charge in [0.15, 0.2) is 6.10 Å². The van der Waals surface area contributed by atoms with Crippen LogP contribution in [0.25, 0.3) is 0 Å². The van der Waals surface area contributed by atoms with E-state index in [4.69, 9.17) is 15.0 Å². The Hall–Kier alpha value is -2.83. The topological polar surface area (TPSA) is 98.7 Å². The number of esters is 1. The SMILES string of the molecule is Cc1noc(N)c1C(=O)O[C@@H](C)C(=O)N(C)c1ccccc1. The third kappa shape index (κ3) is 3.08. The lowest BCUT2D eigenvalue weighted by atomic mass is 10.2. The Morgan fingerprint density at radius 3 is 2.50 bits per heavy atom. The van der Waals surface area contributed by atoms with Gasteiger partial charge in [-0.2, -0.15) is 0 Å². The second kappa shape index (κ2) is 6.30. The molecule has 0 bridgehead atoms. The molecule has 1 atom stereocenters. The number of benzene rings is 1. The number of para-hydroxylation sites is 1. The van der Waals surface area contributed by atoms with Crippen molar-refractivity contribution in [2.75, 3.05) is 17.7 Å². The van der Waals surface area contributed by atoms with Crippen LogP contribution in [0.2, 0.25) is 0 Å². The van der Waals surface area contributed by atoms with Crippen molar-refractivity contribution in [3.8, 4) is 0 Å². The van der Waals surface area contributed by atoms with Crippen molar-refractivity contribution < 1.29 is 18.8 Å². The number of ether oxygens (including phenoxy) is 1. The van der Waals surface area contributed by atoms with Crippen LogP contribution in [0.1, 0.15) is 23.0 Å². The van der Waals surface area contributed by atoms with E-state index in [0.717, 1.165) is 0 Å². The maximum atomic E-state index is 12.3. The molecular formula is C15H17N3O4. The molecule has 1 heterocycles. The van der Waals surface area contributed by atoms with Crippen molar-refractivity contribution in [1.82, 2.24) is 5.16 Å². The highest BCUT2D eigenvalue weighted by molar-refractivity contribution is 6.00. The minimum absolute atomic E-state index is 0.0435. The zero-order valence-electron chi connectivity index (χ0n) is 12.6. The van der Waals surface area contributed by atoms with Gasteiger partial charge in [0, 0.05) is 12.7 Å². The molecule has 7 nitrogen and oxygen atoms in total. The number of rotatable bonds is 4. The minimum Gasteiger partial charge on any atom is -0.449 e. The Balaban J connectivity index is 2.07. The molecule has 0 saturated heterocycles. The predicted molar refractivity (Wildman–Crippen MR) is 80.4 cm³/mol. The van der Waals surface area contributed by atoms with E-state index < -0.39 is 12.1 Å². The van der Waals surface area contributed by atoms with Gasteiger partial charge in [-0.1, -0.05) is 23.4 Å². The van der Waals surface area contributed by atoms with E-state index in [1.165, 1.54) is 11.8 Å². The van der Waals surface area contributed by atoms with Crippen molar-refractivity contribution in [3.05, 3.63) is 41.6 Å². The molecule has 2 aromatic rings. The van der Waals surface area contributed by atoms with Gasteiger partial charge in [0.1, 0.15) is 5.56 Å². The smallest absolute Gasteiger partial charge is 0.346 e. The largest absolute Gasteiger partial charge is 0.449 e. The molecule has 0 aliphatic rings. The van der Waals surface area contributed by atoms with Crippen molar-refractivity contribution in [2.24, 2.45) is 0 Å². The zero-order chi connectivity index (χ0) is 16.3. The second-order valence-electron chi connectivity index (χ2n) is 4.79. The van der Waals surface area contributed by atoms with Crippen LogP contribution in [0.4, 0.5) is 11.6 Å². The summed E-state index contributed by atoms with van der Waals surface area (Å²) in [4.78, 5) is 25.8. The van der Waals surface area contributed by atoms with Crippen molar-refractivity contribution in [1.29, 1.82) is 0 Å². The molecule has 0 radical (unpaired) electrons. The number of hydrogen-bond donors (Lipinski definition) is 1. The van der Waals surface area contributed by atoms with Crippen molar-refractivity contribution in [2.45, 2.75) is 20.0 Å². The first-order chi connectivity index (χ1) is 10.4. The Labute approximate surface area is 127 Å². The summed E-state index contributed by atoms with van der Waals surface area (Å²) in [5.74, 6) is -1.22. The molecule has 0 spiro atoms. The number of amides is 1. The summed E-state index contributed by atoms with van der Waals surface area (Å²) in [6.07, 6.45) is -0.966. The normalized spacial score (nSPS) is 11.8. The number of carbonyl (C=O) groups is 2. The molecular weight excluding hydrogens is 286 g/mol. The van der Waals surface area contributed by atoms with Gasteiger partial charge in [-0.05, 0) is 26.0 Å². The highest BCUT2D eigenvalue weighted by atomic mass is 16.5. The molecule has 2 N–H and O–H groups in total. The molecule has 1 amide bonds. The van der Waals surface area contributed by atoms with E-state index in [0.29, 0.717) is 11.4 Å². The summed E-state index contributed by atoms with van der Waals surface area (Å²) in [5, 5.41) is 3.58. The van der Waals surface area contributed by atoms with Crippen LogP contribution in [0.3, 0.4) is 0 Å². The molecule has 1 aromatic carbocycles. The number of nitrogens with two attached hydrogens (primary N) is 1. The Kier molecular flexibility index (Phi) is 4.45. The monoisotopic (exact) mass is 303 g/mol. The third-order valence-corrected chi connectivity index (χ3v) is 3.20. The zero-order valence-corrected chi connectivity index (χ0v) is 12.6. The number of likely N-dealkylation sites (N-methyl/N-ethyl adjacent to an activating group) is 1. The van der Waals surface area contributed by atoms with Crippen LogP contribution >= 0.6 is 0 Å². The summed E-state index contributed by atoms with van der Waals surface area (Å²) in [6.45, 7) is 3.07. The van der Waals surface area contributed by atoms with Crippen molar-refractivity contribution >= 4 is 23.4 Å². The van der Waals surface area contributed by atoms with E-state index in [1.807, 2.05) is 18.2 Å². The number of aryl methyl sites for hydroxylation is 1. The van der Waals surface area contributed by atoms with Gasteiger partial charge < -0.3 is 19.9 Å². The van der Waals surface area contributed by atoms with Crippen LogP contribution in [0.5, 0.6) is 0 Å². The van der Waals surface area contributed by atoms with E-state index in [2.05, 4.69) is 5.16 Å². The predicted octanol–water partition coefficient (Wildman–Crippen LogP) is 1.77. The van der Waals surface area contributed by atoms with E-state index in [9.17, 15) is 9.59 Å². The Morgan fingerprint density at radius 1 is 1.32 bits per heavy atom. The fourth-order valence-electron chi connectivity index (χ4n) is 1.96. The fraction of sp³-hybridized carbons (Fsp3) is 0.267. The number of carbonyl (C=O) groups excluding carboxylic acids is 2. The summed E-state index contributed by atoms with van der Waals surface area (Å²) in [5.41, 5.74) is 6.59. The Morgan fingerprint density at radius 2 is 1.95 bits per heavy atom. The highest BCUT2D eigenvalue weighted by Gasteiger charge is 2.26. The van der Waals surface area contributed by atoms with Gasteiger partial charge >= 0.3 is 5.97 Å². The Bertz CT molecular complexity index is 662. The molecule has 7 heteroatoms. The standard InChI is InChI=1S/C15H17N3O4/c1-9-12(13(16)22-17-9)15(20)21-10(2)14(19)18(3)11-7-5-4-6-8-11/h4-8,10H,16H2,1-3H3/t10-/m0/s1. The van der Waals surface area contributed by atoms with Gasteiger partial charge in [-0.25, -0.2) is 4.79 Å². The van der Waals surface area contributed by atoms with Crippen LogP contribution in [0.15, 0.2) is 34.9 Å². The third-order valence-electron chi connectivity index (χ3n) is 3.20. The van der Waals surface area contributed by atoms with E-state index in [-0.39, 0.29) is 17.4 Å². The molecule has 116 valence electrons. The molecule has 0 saturated carbocycles. The molecule has 0 unspecified atom stereocenters. The van der Waals surface area contributed by atoms with Crippen LogP contribution in [0, 0.1) is 6.92 Å². The van der Waals surface area contributed by atoms with Gasteiger partial charge in [-0.15, -0.1) is 0 Å². The fourth-order valence-corrected chi connectivity index (χ4v) is 1.96. The number of aromatic nitrogens is 1. The highest BCUT2D eigenvalue weighted by Crippen LogP contribution is 2.18. The summed E-state index contributed by atoms with van der Waals surface area (Å²) in [7, 11) is 1.61.